The molecule has 0 saturated heterocycles. The first kappa shape index (κ1) is 15.3. The lowest BCUT2D eigenvalue weighted by Gasteiger charge is -2.07. The molecule has 2 aromatic heterocycles. The number of carbonyl (C=O) groups is 1. The molecule has 0 spiro atoms. The first-order chi connectivity index (χ1) is 11.0. The summed E-state index contributed by atoms with van der Waals surface area (Å²) in [6.07, 6.45) is 4.56. The molecule has 0 fully saturated rings. The van der Waals surface area contributed by atoms with Crippen LogP contribution in [0.1, 0.15) is 25.8 Å². The molecule has 1 aromatic carbocycles. The van der Waals surface area contributed by atoms with Crippen LogP contribution in [0.3, 0.4) is 0 Å². The number of hydrogen-bond acceptors (Lipinski definition) is 2. The topological polar surface area (TPSA) is 46.4 Å². The van der Waals surface area contributed by atoms with Crippen LogP contribution >= 0.6 is 0 Å². The van der Waals surface area contributed by atoms with Gasteiger partial charge in [-0.3, -0.25) is 4.79 Å². The molecule has 0 atom stereocenters. The Labute approximate surface area is 136 Å². The number of aryl methyl sites for hydroxylation is 1. The quantitative estimate of drug-likeness (QED) is 0.781. The van der Waals surface area contributed by atoms with Crippen molar-refractivity contribution >= 4 is 17.2 Å². The van der Waals surface area contributed by atoms with E-state index in [1.807, 2.05) is 61.0 Å². The van der Waals surface area contributed by atoms with E-state index in [-0.39, 0.29) is 5.91 Å². The molecule has 0 saturated carbocycles. The maximum atomic E-state index is 11.8. The third-order valence-electron chi connectivity index (χ3n) is 3.74. The number of imidazole rings is 1. The minimum absolute atomic E-state index is 0.0519. The maximum Gasteiger partial charge on any atom is 0.224 e. The number of pyridine rings is 1. The van der Waals surface area contributed by atoms with Crippen molar-refractivity contribution in [1.82, 2.24) is 9.38 Å². The van der Waals surface area contributed by atoms with Gasteiger partial charge in [-0.25, -0.2) is 4.98 Å². The zero-order valence-corrected chi connectivity index (χ0v) is 13.7. The van der Waals surface area contributed by atoms with Gasteiger partial charge in [-0.15, -0.1) is 0 Å². The summed E-state index contributed by atoms with van der Waals surface area (Å²) in [5.41, 5.74) is 4.90. The third kappa shape index (κ3) is 3.42. The first-order valence-corrected chi connectivity index (χ1v) is 7.87. The molecule has 1 amide bonds. The Kier molecular flexibility index (Phi) is 4.15. The normalized spacial score (nSPS) is 11.1. The monoisotopic (exact) mass is 307 g/mol. The summed E-state index contributed by atoms with van der Waals surface area (Å²) in [7, 11) is 0. The molecule has 23 heavy (non-hydrogen) atoms. The Morgan fingerprint density at radius 3 is 2.61 bits per heavy atom. The van der Waals surface area contributed by atoms with Crippen LogP contribution < -0.4 is 5.32 Å². The number of fused-ring (bicyclic) bond motifs is 1. The molecule has 3 aromatic rings. The number of anilines is 1. The van der Waals surface area contributed by atoms with E-state index in [4.69, 9.17) is 0 Å². The number of rotatable bonds is 4. The highest BCUT2D eigenvalue weighted by Crippen LogP contribution is 2.22. The molecule has 0 bridgehead atoms. The van der Waals surface area contributed by atoms with Crippen LogP contribution in [-0.2, 0) is 4.79 Å². The van der Waals surface area contributed by atoms with Gasteiger partial charge in [0, 0.05) is 30.1 Å². The van der Waals surface area contributed by atoms with Gasteiger partial charge in [0.15, 0.2) is 0 Å². The van der Waals surface area contributed by atoms with Crippen molar-refractivity contribution in [2.45, 2.75) is 27.2 Å². The molecular formula is C19H21N3O. The highest BCUT2D eigenvalue weighted by atomic mass is 16.1. The van der Waals surface area contributed by atoms with Gasteiger partial charge in [-0.2, -0.15) is 0 Å². The lowest BCUT2D eigenvalue weighted by atomic mass is 10.1. The number of carbonyl (C=O) groups excluding carboxylic acids is 1. The Morgan fingerprint density at radius 1 is 1.22 bits per heavy atom. The second-order valence-corrected chi connectivity index (χ2v) is 6.27. The summed E-state index contributed by atoms with van der Waals surface area (Å²) in [6, 6.07) is 11.9. The Bertz CT molecular complexity index is 831. The molecule has 0 unspecified atom stereocenters. The lowest BCUT2D eigenvalue weighted by Crippen LogP contribution is -2.13. The molecule has 0 aliphatic carbocycles. The van der Waals surface area contributed by atoms with E-state index in [1.165, 1.54) is 0 Å². The van der Waals surface area contributed by atoms with Crippen LogP contribution in [0, 0.1) is 12.8 Å². The van der Waals surface area contributed by atoms with E-state index in [1.54, 1.807) is 0 Å². The molecular weight excluding hydrogens is 286 g/mol. The van der Waals surface area contributed by atoms with E-state index >= 15 is 0 Å². The summed E-state index contributed by atoms with van der Waals surface area (Å²) in [5.74, 6) is 0.409. The van der Waals surface area contributed by atoms with Crippen molar-refractivity contribution < 1.29 is 4.79 Å². The van der Waals surface area contributed by atoms with Crippen LogP contribution in [0.2, 0.25) is 0 Å². The zero-order valence-electron chi connectivity index (χ0n) is 13.7. The lowest BCUT2D eigenvalue weighted by molar-refractivity contribution is -0.116. The fourth-order valence-electron chi connectivity index (χ4n) is 2.60. The molecule has 1 N–H and O–H groups in total. The largest absolute Gasteiger partial charge is 0.326 e. The second-order valence-electron chi connectivity index (χ2n) is 6.27. The summed E-state index contributed by atoms with van der Waals surface area (Å²) < 4.78 is 2.03. The second kappa shape index (κ2) is 6.24. The molecule has 4 heteroatoms. The molecule has 118 valence electrons. The summed E-state index contributed by atoms with van der Waals surface area (Å²) in [6.45, 7) is 6.13. The minimum atomic E-state index is 0.0519. The SMILES string of the molecule is Cc1cccn2cc(-c3ccc(NC(=O)CC(C)C)cc3)nc12. The average molecular weight is 307 g/mol. The number of aromatic nitrogens is 2. The van der Waals surface area contributed by atoms with Crippen molar-refractivity contribution in [3.63, 3.8) is 0 Å². The van der Waals surface area contributed by atoms with E-state index in [2.05, 4.69) is 23.3 Å². The van der Waals surface area contributed by atoms with Crippen LogP contribution in [0.4, 0.5) is 5.69 Å². The van der Waals surface area contributed by atoms with Gasteiger partial charge in [-0.1, -0.05) is 32.0 Å². The van der Waals surface area contributed by atoms with E-state index in [0.717, 1.165) is 28.2 Å². The van der Waals surface area contributed by atoms with Crippen molar-refractivity contribution in [2.75, 3.05) is 5.32 Å². The predicted octanol–water partition coefficient (Wildman–Crippen LogP) is 4.29. The number of nitrogens with zero attached hydrogens (tertiary/aromatic N) is 2. The summed E-state index contributed by atoms with van der Waals surface area (Å²) >= 11 is 0. The Morgan fingerprint density at radius 2 is 1.96 bits per heavy atom. The van der Waals surface area contributed by atoms with Crippen LogP contribution in [0.5, 0.6) is 0 Å². The number of amides is 1. The number of hydrogen-bond donors (Lipinski definition) is 1. The van der Waals surface area contributed by atoms with Crippen LogP contribution in [-0.4, -0.2) is 15.3 Å². The molecule has 3 rings (SSSR count). The first-order valence-electron chi connectivity index (χ1n) is 7.87. The van der Waals surface area contributed by atoms with Gasteiger partial charge in [-0.05, 0) is 36.6 Å². The molecule has 0 aliphatic rings. The van der Waals surface area contributed by atoms with E-state index in [9.17, 15) is 4.79 Å². The van der Waals surface area contributed by atoms with Crippen molar-refractivity contribution in [1.29, 1.82) is 0 Å². The van der Waals surface area contributed by atoms with Gasteiger partial charge < -0.3 is 9.72 Å². The van der Waals surface area contributed by atoms with Gasteiger partial charge in [0.2, 0.25) is 5.91 Å². The maximum absolute atomic E-state index is 11.8. The highest BCUT2D eigenvalue weighted by molar-refractivity contribution is 5.91. The fourth-order valence-corrected chi connectivity index (χ4v) is 2.60. The van der Waals surface area contributed by atoms with Crippen LogP contribution in [0.15, 0.2) is 48.8 Å². The summed E-state index contributed by atoms with van der Waals surface area (Å²) in [5, 5.41) is 2.92. The van der Waals surface area contributed by atoms with Crippen LogP contribution in [0.25, 0.3) is 16.9 Å². The Hall–Kier alpha value is -2.62. The van der Waals surface area contributed by atoms with Gasteiger partial charge in [0.1, 0.15) is 5.65 Å². The van der Waals surface area contributed by atoms with Gasteiger partial charge >= 0.3 is 0 Å². The number of benzene rings is 1. The average Bonchev–Trinajstić information content (AvgIpc) is 2.92. The third-order valence-corrected chi connectivity index (χ3v) is 3.74. The number of nitrogens with one attached hydrogen (secondary N) is 1. The van der Waals surface area contributed by atoms with Gasteiger partial charge in [0.25, 0.3) is 0 Å². The highest BCUT2D eigenvalue weighted by Gasteiger charge is 2.08. The van der Waals surface area contributed by atoms with Crippen molar-refractivity contribution in [3.05, 3.63) is 54.4 Å². The molecule has 2 heterocycles. The van der Waals surface area contributed by atoms with Crippen molar-refractivity contribution in [3.8, 4) is 11.3 Å². The molecule has 0 aliphatic heterocycles. The zero-order chi connectivity index (χ0) is 16.4. The predicted molar refractivity (Wildman–Crippen MR) is 93.4 cm³/mol. The standard InChI is InChI=1S/C19H21N3O/c1-13(2)11-18(23)20-16-8-6-15(7-9-16)17-12-22-10-4-5-14(3)19(22)21-17/h4-10,12-13H,11H2,1-3H3,(H,20,23). The minimum Gasteiger partial charge on any atom is -0.326 e. The van der Waals surface area contributed by atoms with Gasteiger partial charge in [0.05, 0.1) is 5.69 Å². The van der Waals surface area contributed by atoms with E-state index in [0.29, 0.717) is 12.3 Å². The van der Waals surface area contributed by atoms with Crippen molar-refractivity contribution in [2.24, 2.45) is 5.92 Å². The molecule has 4 nitrogen and oxygen atoms in total. The summed E-state index contributed by atoms with van der Waals surface area (Å²) in [4.78, 5) is 16.5. The van der Waals surface area contributed by atoms with E-state index < -0.39 is 0 Å². The molecule has 0 radical (unpaired) electrons. The fraction of sp³-hybridized carbons (Fsp3) is 0.263. The Balaban J connectivity index is 1.81. The smallest absolute Gasteiger partial charge is 0.224 e.